The Labute approximate surface area is 104 Å². The maximum atomic E-state index is 11.4. The lowest BCUT2D eigenvalue weighted by atomic mass is 10.1. The third kappa shape index (κ3) is 3.21. The number of carbonyl (C=O) groups is 2. The zero-order chi connectivity index (χ0) is 15.5. The van der Waals surface area contributed by atoms with Gasteiger partial charge in [0.25, 0.3) is 5.91 Å². The Morgan fingerprint density at radius 2 is 2.18 bits per heavy atom. The summed E-state index contributed by atoms with van der Waals surface area (Å²) in [6.45, 7) is -0.984. The molecule has 2 N–H and O–H groups in total. The molecule has 0 radical (unpaired) electrons. The molecule has 92 valence electrons. The second kappa shape index (κ2) is 5.34. The molecule has 0 saturated carbocycles. The van der Waals surface area contributed by atoms with Crippen LogP contribution in [-0.2, 0) is 4.74 Å². The van der Waals surface area contributed by atoms with E-state index in [1.54, 1.807) is 0 Å². The quantitative estimate of drug-likeness (QED) is 0.806. The normalized spacial score (nSPS) is 15.1. The number of benzene rings is 1. The summed E-state index contributed by atoms with van der Waals surface area (Å²) < 4.78 is 31.4. The Kier molecular flexibility index (Phi) is 2.84. The van der Waals surface area contributed by atoms with Gasteiger partial charge in [0.2, 0.25) is 0 Å². The van der Waals surface area contributed by atoms with E-state index in [1.165, 1.54) is 32.2 Å². The highest BCUT2D eigenvalue weighted by molar-refractivity contribution is 5.99. The molecule has 0 aromatic heterocycles. The average molecular weight is 240 g/mol. The second-order valence-corrected chi connectivity index (χ2v) is 3.33. The minimum atomic E-state index is -2.34. The number of hydrogen-bond acceptors (Lipinski definition) is 4. The fourth-order valence-corrected chi connectivity index (χ4v) is 1.26. The second-order valence-electron chi connectivity index (χ2n) is 3.33. The summed E-state index contributed by atoms with van der Waals surface area (Å²) in [6, 6.07) is 3.88. The van der Waals surface area contributed by atoms with Gasteiger partial charge in [-0.05, 0) is 32.0 Å². The highest BCUT2D eigenvalue weighted by Gasteiger charge is 2.15. The minimum absolute atomic E-state index is 0.00813. The fourth-order valence-electron chi connectivity index (χ4n) is 1.26. The Morgan fingerprint density at radius 1 is 1.47 bits per heavy atom. The highest BCUT2D eigenvalue weighted by Crippen LogP contribution is 2.21. The van der Waals surface area contributed by atoms with Crippen molar-refractivity contribution in [3.8, 4) is 5.75 Å². The zero-order valence-electron chi connectivity index (χ0n) is 12.5. The molecule has 0 saturated heterocycles. The molecular weight excluding hydrogens is 222 g/mol. The minimum Gasteiger partial charge on any atom is -0.490 e. The number of hydrogen-bond donors (Lipinski definition) is 1. The van der Waals surface area contributed by atoms with E-state index in [0.717, 1.165) is 0 Å². The third-order valence-electron chi connectivity index (χ3n) is 1.97. The molecule has 5 nitrogen and oxygen atoms in total. The lowest BCUT2D eigenvalue weighted by Crippen LogP contribution is -2.16. The van der Waals surface area contributed by atoms with Gasteiger partial charge in [0.05, 0.1) is 24.3 Å². The molecule has 0 heterocycles. The molecule has 0 spiro atoms. The van der Waals surface area contributed by atoms with Crippen LogP contribution < -0.4 is 10.5 Å². The van der Waals surface area contributed by atoms with Crippen molar-refractivity contribution in [2.24, 2.45) is 5.73 Å². The number of nitrogens with two attached hydrogens (primary N) is 1. The average Bonchev–Trinajstić information content (AvgIpc) is 2.36. The SMILES string of the molecule is [2H]C([2H])([2H])C(C)Oc1ccc(C(=O)OC)cc1C(N)=O. The Hall–Kier alpha value is -2.04. The lowest BCUT2D eigenvalue weighted by molar-refractivity contribution is 0.0600. The standard InChI is InChI=1S/C12H15NO4/c1-7(2)17-10-5-4-8(12(15)16-3)6-9(10)11(13)14/h4-7H,1-3H3,(H2,13,14)/i1D3. The van der Waals surface area contributed by atoms with Crippen LogP contribution in [0.3, 0.4) is 0 Å². The summed E-state index contributed by atoms with van der Waals surface area (Å²) in [4.78, 5) is 22.7. The van der Waals surface area contributed by atoms with Crippen LogP contribution in [0.2, 0.25) is 0 Å². The van der Waals surface area contributed by atoms with Gasteiger partial charge < -0.3 is 15.2 Å². The predicted molar refractivity (Wildman–Crippen MR) is 62.1 cm³/mol. The van der Waals surface area contributed by atoms with E-state index in [9.17, 15) is 9.59 Å². The van der Waals surface area contributed by atoms with Gasteiger partial charge >= 0.3 is 5.97 Å². The summed E-state index contributed by atoms with van der Waals surface area (Å²) in [7, 11) is 1.20. The van der Waals surface area contributed by atoms with E-state index in [-0.39, 0.29) is 16.9 Å². The van der Waals surface area contributed by atoms with Crippen molar-refractivity contribution in [3.63, 3.8) is 0 Å². The summed E-state index contributed by atoms with van der Waals surface area (Å²) >= 11 is 0. The van der Waals surface area contributed by atoms with Crippen LogP contribution in [0.1, 0.15) is 38.6 Å². The van der Waals surface area contributed by atoms with Gasteiger partial charge in [-0.1, -0.05) is 0 Å². The van der Waals surface area contributed by atoms with E-state index < -0.39 is 24.8 Å². The molecule has 0 aliphatic heterocycles. The smallest absolute Gasteiger partial charge is 0.337 e. The number of rotatable bonds is 4. The van der Waals surface area contributed by atoms with Crippen LogP contribution in [0.15, 0.2) is 18.2 Å². The molecule has 1 unspecified atom stereocenters. The fraction of sp³-hybridized carbons (Fsp3) is 0.333. The molecule has 0 aliphatic rings. The van der Waals surface area contributed by atoms with Crippen LogP contribution in [-0.4, -0.2) is 25.1 Å². The van der Waals surface area contributed by atoms with Crippen molar-refractivity contribution in [2.75, 3.05) is 7.11 Å². The maximum Gasteiger partial charge on any atom is 0.337 e. The van der Waals surface area contributed by atoms with Gasteiger partial charge in [0, 0.05) is 4.11 Å². The first-order valence-corrected chi connectivity index (χ1v) is 4.85. The van der Waals surface area contributed by atoms with Crippen LogP contribution in [0.4, 0.5) is 0 Å². The third-order valence-corrected chi connectivity index (χ3v) is 1.97. The van der Waals surface area contributed by atoms with Crippen molar-refractivity contribution in [1.29, 1.82) is 0 Å². The molecule has 5 heteroatoms. The highest BCUT2D eigenvalue weighted by atomic mass is 16.5. The zero-order valence-corrected chi connectivity index (χ0v) is 9.52. The van der Waals surface area contributed by atoms with E-state index >= 15 is 0 Å². The van der Waals surface area contributed by atoms with E-state index in [1.807, 2.05) is 0 Å². The summed E-state index contributed by atoms with van der Waals surface area (Å²) in [5.41, 5.74) is 5.24. The van der Waals surface area contributed by atoms with Gasteiger partial charge in [0.15, 0.2) is 0 Å². The molecule has 1 aromatic rings. The first-order chi connectivity index (χ1) is 9.16. The van der Waals surface area contributed by atoms with Gasteiger partial charge in [-0.2, -0.15) is 0 Å². The number of primary amides is 1. The molecule has 0 aliphatic carbocycles. The molecular formula is C12H15NO4. The largest absolute Gasteiger partial charge is 0.490 e. The Bertz CT molecular complexity index is 528. The molecule has 0 bridgehead atoms. The van der Waals surface area contributed by atoms with Crippen LogP contribution in [0.25, 0.3) is 0 Å². The van der Waals surface area contributed by atoms with E-state index in [0.29, 0.717) is 0 Å². The number of methoxy groups -OCH3 is 1. The molecule has 0 fully saturated rings. The summed E-state index contributed by atoms with van der Waals surface area (Å²) in [6.07, 6.45) is -1.12. The first kappa shape index (κ1) is 9.04. The number of carbonyl (C=O) groups excluding carboxylic acids is 2. The first-order valence-electron chi connectivity index (χ1n) is 6.35. The number of ether oxygens (including phenoxy) is 2. The van der Waals surface area contributed by atoms with Gasteiger partial charge in [-0.25, -0.2) is 4.79 Å². The monoisotopic (exact) mass is 240 g/mol. The lowest BCUT2D eigenvalue weighted by Gasteiger charge is -2.13. The van der Waals surface area contributed by atoms with Crippen molar-refractivity contribution < 1.29 is 23.2 Å². The number of amides is 1. The van der Waals surface area contributed by atoms with Gasteiger partial charge in [-0.15, -0.1) is 0 Å². The molecule has 1 rings (SSSR count). The number of esters is 1. The van der Waals surface area contributed by atoms with Crippen molar-refractivity contribution >= 4 is 11.9 Å². The van der Waals surface area contributed by atoms with Crippen molar-refractivity contribution in [2.45, 2.75) is 19.9 Å². The summed E-state index contributed by atoms with van der Waals surface area (Å²) in [5.74, 6) is -1.46. The van der Waals surface area contributed by atoms with Gasteiger partial charge in [-0.3, -0.25) is 4.79 Å². The topological polar surface area (TPSA) is 78.6 Å². The summed E-state index contributed by atoms with van der Waals surface area (Å²) in [5, 5.41) is 0. The van der Waals surface area contributed by atoms with Crippen LogP contribution in [0.5, 0.6) is 5.75 Å². The molecule has 1 atom stereocenters. The van der Waals surface area contributed by atoms with Crippen molar-refractivity contribution in [3.05, 3.63) is 29.3 Å². The predicted octanol–water partition coefficient (Wildman–Crippen LogP) is 1.36. The van der Waals surface area contributed by atoms with Crippen molar-refractivity contribution in [1.82, 2.24) is 0 Å². The van der Waals surface area contributed by atoms with Crippen LogP contribution in [0, 0.1) is 0 Å². The molecule has 1 amide bonds. The molecule has 17 heavy (non-hydrogen) atoms. The van der Waals surface area contributed by atoms with Crippen LogP contribution >= 0.6 is 0 Å². The molecule has 1 aromatic carbocycles. The maximum absolute atomic E-state index is 11.4. The van der Waals surface area contributed by atoms with E-state index in [2.05, 4.69) is 4.74 Å². The van der Waals surface area contributed by atoms with E-state index in [4.69, 9.17) is 14.6 Å². The Balaban J connectivity index is 3.14. The van der Waals surface area contributed by atoms with Gasteiger partial charge in [0.1, 0.15) is 5.75 Å². The Morgan fingerprint density at radius 3 is 2.71 bits per heavy atom.